The van der Waals surface area contributed by atoms with E-state index in [1.807, 2.05) is 0 Å². The molecule has 0 aromatic carbocycles. The normalized spacial score (nSPS) is 42.0. The van der Waals surface area contributed by atoms with E-state index in [9.17, 15) is 0 Å². The molecule has 1 aliphatic carbocycles. The summed E-state index contributed by atoms with van der Waals surface area (Å²) in [6.45, 7) is 4.99. The van der Waals surface area contributed by atoms with Crippen LogP contribution in [-0.2, 0) is 4.74 Å². The van der Waals surface area contributed by atoms with Gasteiger partial charge in [0.15, 0.2) is 0 Å². The molecule has 0 spiro atoms. The Bertz CT molecular complexity index is 192. The fourth-order valence-electron chi connectivity index (χ4n) is 2.57. The SMILES string of the molecule is CC1CCC(CNC2COCC2Cl)CC1. The van der Waals surface area contributed by atoms with Crippen LogP contribution < -0.4 is 5.32 Å². The molecular formula is C12H22ClNO. The van der Waals surface area contributed by atoms with Crippen LogP contribution in [0.15, 0.2) is 0 Å². The Balaban J connectivity index is 1.65. The molecular weight excluding hydrogens is 210 g/mol. The minimum absolute atomic E-state index is 0.174. The summed E-state index contributed by atoms with van der Waals surface area (Å²) in [6.07, 6.45) is 5.57. The summed E-state index contributed by atoms with van der Waals surface area (Å²) >= 11 is 6.13. The maximum absolute atomic E-state index is 6.13. The standard InChI is InChI=1S/C12H22ClNO/c1-9-2-4-10(5-3-9)6-14-12-8-15-7-11(12)13/h9-12,14H,2-8H2,1H3. The van der Waals surface area contributed by atoms with E-state index in [0.29, 0.717) is 12.6 Å². The van der Waals surface area contributed by atoms with Gasteiger partial charge in [0.2, 0.25) is 0 Å². The Hall–Kier alpha value is 0.210. The molecule has 1 saturated carbocycles. The smallest absolute Gasteiger partial charge is 0.0745 e. The summed E-state index contributed by atoms with van der Waals surface area (Å²) in [7, 11) is 0. The highest BCUT2D eigenvalue weighted by atomic mass is 35.5. The molecule has 2 unspecified atom stereocenters. The van der Waals surface area contributed by atoms with Crippen LogP contribution >= 0.6 is 11.6 Å². The third kappa shape index (κ3) is 3.33. The van der Waals surface area contributed by atoms with Crippen molar-refractivity contribution < 1.29 is 4.74 Å². The maximum Gasteiger partial charge on any atom is 0.0745 e. The average Bonchev–Trinajstić information content (AvgIpc) is 2.63. The minimum atomic E-state index is 0.174. The maximum atomic E-state index is 6.13. The lowest BCUT2D eigenvalue weighted by atomic mass is 9.83. The van der Waals surface area contributed by atoms with Gasteiger partial charge in [-0.05, 0) is 31.2 Å². The average molecular weight is 232 g/mol. The number of nitrogens with one attached hydrogen (secondary N) is 1. The molecule has 88 valence electrons. The lowest BCUT2D eigenvalue weighted by Gasteiger charge is -2.27. The summed E-state index contributed by atoms with van der Waals surface area (Å²) in [5, 5.41) is 3.73. The van der Waals surface area contributed by atoms with Crippen molar-refractivity contribution in [1.82, 2.24) is 5.32 Å². The van der Waals surface area contributed by atoms with Gasteiger partial charge in [0.25, 0.3) is 0 Å². The molecule has 0 aromatic heterocycles. The molecule has 2 nitrogen and oxygen atoms in total. The number of hydrogen-bond acceptors (Lipinski definition) is 2. The number of alkyl halides is 1. The van der Waals surface area contributed by atoms with Crippen molar-refractivity contribution in [1.29, 1.82) is 0 Å². The van der Waals surface area contributed by atoms with Crippen molar-refractivity contribution in [3.63, 3.8) is 0 Å². The van der Waals surface area contributed by atoms with Crippen molar-refractivity contribution in [2.45, 2.75) is 44.0 Å². The highest BCUT2D eigenvalue weighted by Crippen LogP contribution is 2.28. The highest BCUT2D eigenvalue weighted by molar-refractivity contribution is 6.21. The van der Waals surface area contributed by atoms with Crippen molar-refractivity contribution in [2.24, 2.45) is 11.8 Å². The second-order valence-corrected chi connectivity index (χ2v) is 5.75. The Labute approximate surface area is 97.7 Å². The first-order valence-electron chi connectivity index (χ1n) is 6.21. The zero-order chi connectivity index (χ0) is 10.7. The molecule has 1 aliphatic heterocycles. The third-order valence-electron chi connectivity index (χ3n) is 3.82. The molecule has 0 aromatic rings. The van der Waals surface area contributed by atoms with E-state index in [-0.39, 0.29) is 5.38 Å². The van der Waals surface area contributed by atoms with Crippen LogP contribution in [0.5, 0.6) is 0 Å². The summed E-state index contributed by atoms with van der Waals surface area (Å²) in [4.78, 5) is 0. The molecule has 0 amide bonds. The Morgan fingerprint density at radius 3 is 2.53 bits per heavy atom. The van der Waals surface area contributed by atoms with E-state index in [4.69, 9.17) is 16.3 Å². The van der Waals surface area contributed by atoms with Gasteiger partial charge in [-0.3, -0.25) is 0 Å². The van der Waals surface area contributed by atoms with Gasteiger partial charge in [-0.15, -0.1) is 11.6 Å². The Kier molecular flexibility index (Phi) is 4.30. The van der Waals surface area contributed by atoms with Gasteiger partial charge in [-0.2, -0.15) is 0 Å². The number of rotatable bonds is 3. The van der Waals surface area contributed by atoms with Crippen LogP contribution in [-0.4, -0.2) is 31.2 Å². The Morgan fingerprint density at radius 1 is 1.20 bits per heavy atom. The van der Waals surface area contributed by atoms with Gasteiger partial charge < -0.3 is 10.1 Å². The van der Waals surface area contributed by atoms with E-state index in [1.54, 1.807) is 0 Å². The number of hydrogen-bond donors (Lipinski definition) is 1. The van der Waals surface area contributed by atoms with Crippen LogP contribution in [0.1, 0.15) is 32.6 Å². The van der Waals surface area contributed by atoms with Gasteiger partial charge in [-0.1, -0.05) is 19.8 Å². The monoisotopic (exact) mass is 231 g/mol. The molecule has 2 rings (SSSR count). The second-order valence-electron chi connectivity index (χ2n) is 5.19. The molecule has 15 heavy (non-hydrogen) atoms. The molecule has 1 N–H and O–H groups in total. The first kappa shape index (κ1) is 11.7. The fraction of sp³-hybridized carbons (Fsp3) is 1.00. The van der Waals surface area contributed by atoms with E-state index < -0.39 is 0 Å². The lowest BCUT2D eigenvalue weighted by Crippen LogP contribution is -2.39. The van der Waals surface area contributed by atoms with E-state index >= 15 is 0 Å². The van der Waals surface area contributed by atoms with Gasteiger partial charge in [0.05, 0.1) is 18.6 Å². The molecule has 2 aliphatic rings. The molecule has 2 fully saturated rings. The molecule has 0 radical (unpaired) electrons. The zero-order valence-corrected chi connectivity index (χ0v) is 10.3. The molecule has 1 saturated heterocycles. The Morgan fingerprint density at radius 2 is 1.93 bits per heavy atom. The number of halogens is 1. The van der Waals surface area contributed by atoms with Crippen LogP contribution in [0.25, 0.3) is 0 Å². The van der Waals surface area contributed by atoms with Crippen LogP contribution in [0.3, 0.4) is 0 Å². The second kappa shape index (κ2) is 5.51. The summed E-state index contributed by atoms with van der Waals surface area (Å²) in [6, 6.07) is 0.381. The largest absolute Gasteiger partial charge is 0.378 e. The van der Waals surface area contributed by atoms with Crippen LogP contribution in [0.2, 0.25) is 0 Å². The molecule has 0 bridgehead atoms. The van der Waals surface area contributed by atoms with Gasteiger partial charge in [-0.25, -0.2) is 0 Å². The predicted octanol–water partition coefficient (Wildman–Crippen LogP) is 2.41. The highest BCUT2D eigenvalue weighted by Gasteiger charge is 2.27. The van der Waals surface area contributed by atoms with E-state index in [0.717, 1.165) is 25.0 Å². The van der Waals surface area contributed by atoms with Crippen molar-refractivity contribution in [2.75, 3.05) is 19.8 Å². The van der Waals surface area contributed by atoms with E-state index in [1.165, 1.54) is 25.7 Å². The van der Waals surface area contributed by atoms with Gasteiger partial charge in [0, 0.05) is 6.04 Å². The summed E-state index contributed by atoms with van der Waals surface area (Å²) in [5.74, 6) is 1.81. The predicted molar refractivity (Wildman–Crippen MR) is 63.4 cm³/mol. The third-order valence-corrected chi connectivity index (χ3v) is 4.25. The summed E-state index contributed by atoms with van der Waals surface area (Å²) < 4.78 is 5.33. The van der Waals surface area contributed by atoms with Crippen LogP contribution in [0, 0.1) is 11.8 Å². The topological polar surface area (TPSA) is 21.3 Å². The van der Waals surface area contributed by atoms with Gasteiger partial charge in [0.1, 0.15) is 0 Å². The van der Waals surface area contributed by atoms with Crippen molar-refractivity contribution in [3.8, 4) is 0 Å². The minimum Gasteiger partial charge on any atom is -0.378 e. The summed E-state index contributed by atoms with van der Waals surface area (Å²) in [5.41, 5.74) is 0. The molecule has 2 atom stereocenters. The first-order chi connectivity index (χ1) is 7.25. The zero-order valence-electron chi connectivity index (χ0n) is 9.55. The number of ether oxygens (including phenoxy) is 1. The lowest BCUT2D eigenvalue weighted by molar-refractivity contribution is 0.187. The van der Waals surface area contributed by atoms with Crippen molar-refractivity contribution in [3.05, 3.63) is 0 Å². The van der Waals surface area contributed by atoms with Gasteiger partial charge >= 0.3 is 0 Å². The van der Waals surface area contributed by atoms with Crippen molar-refractivity contribution >= 4 is 11.6 Å². The molecule has 3 heteroatoms. The molecule has 1 heterocycles. The first-order valence-corrected chi connectivity index (χ1v) is 6.64. The van der Waals surface area contributed by atoms with Crippen LogP contribution in [0.4, 0.5) is 0 Å². The van der Waals surface area contributed by atoms with E-state index in [2.05, 4.69) is 12.2 Å². The fourth-order valence-corrected chi connectivity index (χ4v) is 2.82. The quantitative estimate of drug-likeness (QED) is 0.754.